The average Bonchev–Trinajstić information content (AvgIpc) is 2.05. The molecule has 0 bridgehead atoms. The van der Waals surface area contributed by atoms with Gasteiger partial charge in [0, 0.05) is 0 Å². The normalized spacial score (nSPS) is 39.5. The van der Waals surface area contributed by atoms with Crippen molar-refractivity contribution in [1.82, 2.24) is 0 Å². The van der Waals surface area contributed by atoms with Crippen LogP contribution < -0.4 is 0 Å². The number of ether oxygens (including phenoxy) is 1. The first-order chi connectivity index (χ1) is 5.11. The Labute approximate surface area is 66.4 Å². The van der Waals surface area contributed by atoms with Crippen LogP contribution in [-0.2, 0) is 9.53 Å². The average molecular weight is 158 g/mol. The van der Waals surface area contributed by atoms with E-state index in [2.05, 4.69) is 0 Å². The molecule has 11 heavy (non-hydrogen) atoms. The van der Waals surface area contributed by atoms with E-state index in [1.165, 1.54) is 0 Å². The van der Waals surface area contributed by atoms with Crippen LogP contribution >= 0.6 is 0 Å². The van der Waals surface area contributed by atoms with Gasteiger partial charge in [-0.1, -0.05) is 13.8 Å². The van der Waals surface area contributed by atoms with E-state index in [1.54, 1.807) is 0 Å². The molecule has 0 spiro atoms. The number of hydrogen-bond acceptors (Lipinski definition) is 3. The molecule has 3 nitrogen and oxygen atoms in total. The molecule has 1 rings (SSSR count). The molecule has 1 aliphatic heterocycles. The lowest BCUT2D eigenvalue weighted by molar-refractivity contribution is -0.148. The Morgan fingerprint density at radius 1 is 1.55 bits per heavy atom. The number of aliphatic hydroxyl groups is 1. The minimum Gasteiger partial charge on any atom is -0.463 e. The predicted molar refractivity (Wildman–Crippen MR) is 39.9 cm³/mol. The molecule has 1 N–H and O–H groups in total. The van der Waals surface area contributed by atoms with E-state index >= 15 is 0 Å². The maximum atomic E-state index is 11.0. The van der Waals surface area contributed by atoms with Crippen molar-refractivity contribution in [2.24, 2.45) is 11.8 Å². The maximum Gasteiger partial charge on any atom is 0.308 e. The summed E-state index contributed by atoms with van der Waals surface area (Å²) in [5.74, 6) is -0.0907. The summed E-state index contributed by atoms with van der Waals surface area (Å²) in [7, 11) is 0. The summed E-state index contributed by atoms with van der Waals surface area (Å²) in [5.41, 5.74) is 0. The highest BCUT2D eigenvalue weighted by Crippen LogP contribution is 2.20. The Balaban J connectivity index is 2.58. The molecule has 0 aliphatic carbocycles. The maximum absolute atomic E-state index is 11.0. The van der Waals surface area contributed by atoms with Crippen LogP contribution in [0.5, 0.6) is 0 Å². The molecule has 0 unspecified atom stereocenters. The van der Waals surface area contributed by atoms with Crippen LogP contribution in [0.2, 0.25) is 0 Å². The van der Waals surface area contributed by atoms with Gasteiger partial charge in [-0.15, -0.1) is 0 Å². The van der Waals surface area contributed by atoms with E-state index in [1.807, 2.05) is 13.8 Å². The van der Waals surface area contributed by atoms with Gasteiger partial charge in [-0.05, 0) is 12.3 Å². The summed E-state index contributed by atoms with van der Waals surface area (Å²) < 4.78 is 4.81. The highest BCUT2D eigenvalue weighted by molar-refractivity contribution is 5.72. The molecular formula is C8H14O3. The van der Waals surface area contributed by atoms with Gasteiger partial charge in [-0.3, -0.25) is 4.79 Å². The van der Waals surface area contributed by atoms with Crippen LogP contribution in [-0.4, -0.2) is 23.8 Å². The highest BCUT2D eigenvalue weighted by Gasteiger charge is 2.27. The molecule has 1 aliphatic rings. The van der Waals surface area contributed by atoms with Crippen molar-refractivity contribution in [2.45, 2.75) is 26.4 Å². The van der Waals surface area contributed by atoms with Crippen molar-refractivity contribution in [3.8, 4) is 0 Å². The second-order valence-corrected chi connectivity index (χ2v) is 3.31. The first kappa shape index (κ1) is 8.53. The number of carbonyl (C=O) groups is 1. The quantitative estimate of drug-likeness (QED) is 0.524. The topological polar surface area (TPSA) is 46.5 Å². The molecule has 1 fully saturated rings. The van der Waals surface area contributed by atoms with Crippen molar-refractivity contribution in [3.63, 3.8) is 0 Å². The third-order valence-electron chi connectivity index (χ3n) is 2.18. The van der Waals surface area contributed by atoms with Crippen LogP contribution in [0.1, 0.15) is 20.3 Å². The highest BCUT2D eigenvalue weighted by atomic mass is 16.5. The van der Waals surface area contributed by atoms with E-state index in [0.29, 0.717) is 0 Å². The number of cyclic esters (lactones) is 1. The fourth-order valence-electron chi connectivity index (χ4n) is 1.29. The second-order valence-electron chi connectivity index (χ2n) is 3.31. The zero-order chi connectivity index (χ0) is 8.43. The summed E-state index contributed by atoms with van der Waals surface area (Å²) >= 11 is 0. The molecule has 0 aromatic heterocycles. The van der Waals surface area contributed by atoms with Gasteiger partial charge in [0.25, 0.3) is 0 Å². The van der Waals surface area contributed by atoms with E-state index < -0.39 is 6.10 Å². The lowest BCUT2D eigenvalue weighted by Gasteiger charge is -2.13. The molecule has 1 heterocycles. The van der Waals surface area contributed by atoms with Crippen LogP contribution in [0.25, 0.3) is 0 Å². The Kier molecular flexibility index (Phi) is 2.49. The fraction of sp³-hybridized carbons (Fsp3) is 0.875. The van der Waals surface area contributed by atoms with Gasteiger partial charge in [0.1, 0.15) is 6.61 Å². The van der Waals surface area contributed by atoms with Crippen molar-refractivity contribution in [3.05, 3.63) is 0 Å². The first-order valence-corrected chi connectivity index (χ1v) is 3.96. The standard InChI is InChI=1S/C8H14O3/c1-5-3-6(2)8(10)11-4-7(5)9/h5-7,9H,3-4H2,1-2H3/t5-,6-,7+/m1/s1. The summed E-state index contributed by atoms with van der Waals surface area (Å²) in [5, 5.41) is 9.32. The molecule has 0 amide bonds. The summed E-state index contributed by atoms with van der Waals surface area (Å²) in [4.78, 5) is 11.0. The van der Waals surface area contributed by atoms with E-state index in [9.17, 15) is 9.90 Å². The number of rotatable bonds is 0. The minimum atomic E-state index is -0.483. The Morgan fingerprint density at radius 3 is 2.82 bits per heavy atom. The Morgan fingerprint density at radius 2 is 2.18 bits per heavy atom. The predicted octanol–water partition coefficient (Wildman–Crippen LogP) is 0.566. The zero-order valence-electron chi connectivity index (χ0n) is 6.91. The van der Waals surface area contributed by atoms with Crippen molar-refractivity contribution >= 4 is 5.97 Å². The SMILES string of the molecule is C[C@@H]1C[C@@H](C)[C@@H](O)COC1=O. The van der Waals surface area contributed by atoms with Gasteiger partial charge < -0.3 is 9.84 Å². The van der Waals surface area contributed by atoms with Crippen LogP contribution in [0.15, 0.2) is 0 Å². The number of esters is 1. The minimum absolute atomic E-state index is 0.0675. The third kappa shape index (κ3) is 1.93. The van der Waals surface area contributed by atoms with E-state index in [0.717, 1.165) is 6.42 Å². The number of aliphatic hydroxyl groups excluding tert-OH is 1. The van der Waals surface area contributed by atoms with E-state index in [-0.39, 0.29) is 24.4 Å². The molecule has 3 heteroatoms. The van der Waals surface area contributed by atoms with Gasteiger partial charge in [0.15, 0.2) is 0 Å². The molecule has 0 aromatic carbocycles. The largest absolute Gasteiger partial charge is 0.463 e. The summed E-state index contributed by atoms with van der Waals surface area (Å²) in [6.45, 7) is 3.92. The molecule has 1 saturated heterocycles. The van der Waals surface area contributed by atoms with Crippen LogP contribution in [0.3, 0.4) is 0 Å². The van der Waals surface area contributed by atoms with Gasteiger partial charge in [-0.2, -0.15) is 0 Å². The van der Waals surface area contributed by atoms with E-state index in [4.69, 9.17) is 4.74 Å². The summed E-state index contributed by atoms with van der Waals surface area (Å²) in [6.07, 6.45) is 0.240. The lowest BCUT2D eigenvalue weighted by Crippen LogP contribution is -2.20. The smallest absolute Gasteiger partial charge is 0.308 e. The van der Waals surface area contributed by atoms with Crippen LogP contribution in [0.4, 0.5) is 0 Å². The van der Waals surface area contributed by atoms with Gasteiger partial charge in [0.2, 0.25) is 0 Å². The van der Waals surface area contributed by atoms with Crippen molar-refractivity contribution in [2.75, 3.05) is 6.61 Å². The van der Waals surface area contributed by atoms with Crippen LogP contribution in [0, 0.1) is 11.8 Å². The Bertz CT molecular complexity index is 155. The van der Waals surface area contributed by atoms with Gasteiger partial charge in [0.05, 0.1) is 12.0 Å². The zero-order valence-corrected chi connectivity index (χ0v) is 6.91. The first-order valence-electron chi connectivity index (χ1n) is 3.96. The van der Waals surface area contributed by atoms with Gasteiger partial charge in [-0.25, -0.2) is 0 Å². The molecule has 0 saturated carbocycles. The Hall–Kier alpha value is -0.570. The molecule has 0 radical (unpaired) electrons. The van der Waals surface area contributed by atoms with Crippen molar-refractivity contribution < 1.29 is 14.6 Å². The number of hydrogen-bond donors (Lipinski definition) is 1. The third-order valence-corrected chi connectivity index (χ3v) is 2.18. The van der Waals surface area contributed by atoms with Gasteiger partial charge >= 0.3 is 5.97 Å². The molecule has 0 aromatic rings. The lowest BCUT2D eigenvalue weighted by atomic mass is 9.95. The molecule has 3 atom stereocenters. The molecular weight excluding hydrogens is 144 g/mol. The molecule has 64 valence electrons. The monoisotopic (exact) mass is 158 g/mol. The summed E-state index contributed by atoms with van der Waals surface area (Å²) in [6, 6.07) is 0. The second kappa shape index (κ2) is 3.22. The fourth-order valence-corrected chi connectivity index (χ4v) is 1.29. The van der Waals surface area contributed by atoms with Crippen molar-refractivity contribution in [1.29, 1.82) is 0 Å². The number of carbonyl (C=O) groups excluding carboxylic acids is 1.